The Morgan fingerprint density at radius 3 is 2.29 bits per heavy atom. The highest BCUT2D eigenvalue weighted by Gasteiger charge is 2.50. The molecule has 6 nitrogen and oxygen atoms in total. The molecule has 0 aromatic heterocycles. The Hall–Kier alpha value is -2.39. The van der Waals surface area contributed by atoms with Gasteiger partial charge in [0.2, 0.25) is 5.91 Å². The number of piperazine rings is 1. The average molecular weight is 421 g/mol. The Bertz CT molecular complexity index is 879. The summed E-state index contributed by atoms with van der Waals surface area (Å²) in [5.74, 6) is 0.568. The van der Waals surface area contributed by atoms with Gasteiger partial charge in [0.25, 0.3) is 5.91 Å². The van der Waals surface area contributed by atoms with E-state index in [0.717, 1.165) is 71.0 Å². The van der Waals surface area contributed by atoms with Crippen molar-refractivity contribution in [2.75, 3.05) is 39.3 Å². The lowest BCUT2D eigenvalue weighted by Gasteiger charge is -2.53. The maximum Gasteiger partial charge on any atom is 0.253 e. The lowest BCUT2D eigenvalue weighted by Crippen LogP contribution is -2.57. The molecule has 2 aliphatic carbocycles. The Kier molecular flexibility index (Phi) is 5.47. The van der Waals surface area contributed by atoms with E-state index in [1.807, 2.05) is 4.90 Å². The van der Waals surface area contributed by atoms with Crippen molar-refractivity contribution < 1.29 is 9.59 Å². The molecular weight excluding hydrogens is 388 g/mol. The van der Waals surface area contributed by atoms with Gasteiger partial charge in [-0.3, -0.25) is 14.5 Å². The van der Waals surface area contributed by atoms with Crippen LogP contribution in [-0.4, -0.2) is 71.8 Å². The number of likely N-dealkylation sites (tertiary alicyclic amines) is 1. The molecule has 1 aromatic rings. The van der Waals surface area contributed by atoms with E-state index in [-0.39, 0.29) is 17.2 Å². The third-order valence-corrected chi connectivity index (χ3v) is 8.28. The number of benzene rings is 1. The van der Waals surface area contributed by atoms with Gasteiger partial charge >= 0.3 is 0 Å². The van der Waals surface area contributed by atoms with Crippen molar-refractivity contribution in [1.29, 1.82) is 5.26 Å². The monoisotopic (exact) mass is 420 g/mol. The van der Waals surface area contributed by atoms with Crippen LogP contribution in [0.4, 0.5) is 0 Å². The smallest absolute Gasteiger partial charge is 0.253 e. The van der Waals surface area contributed by atoms with Crippen molar-refractivity contribution in [1.82, 2.24) is 14.7 Å². The molecule has 5 rings (SSSR count). The van der Waals surface area contributed by atoms with E-state index >= 15 is 0 Å². The number of nitriles is 1. The minimum atomic E-state index is 0.0169. The third kappa shape index (κ3) is 3.96. The fraction of sp³-hybridized carbons (Fsp3) is 0.640. The standard InChI is InChI=1S/C25H32N4O2/c26-18-19-3-1-4-20(15-19)23(30)28-9-7-25(8-10-28)16-21(17-25)24(31)29-13-11-27(12-14-29)22-5-2-6-22/h1,3-4,15,21-22H,2,5-14,16-17H2. The van der Waals surface area contributed by atoms with Crippen LogP contribution in [-0.2, 0) is 4.79 Å². The lowest BCUT2D eigenvalue weighted by molar-refractivity contribution is -0.148. The van der Waals surface area contributed by atoms with Gasteiger partial charge in [-0.05, 0) is 62.1 Å². The molecule has 4 fully saturated rings. The van der Waals surface area contributed by atoms with Crippen LogP contribution in [0.1, 0.15) is 60.9 Å². The van der Waals surface area contributed by atoms with Crippen LogP contribution in [0.3, 0.4) is 0 Å². The average Bonchev–Trinajstić information content (AvgIpc) is 2.76. The largest absolute Gasteiger partial charge is 0.340 e. The van der Waals surface area contributed by atoms with Crippen LogP contribution < -0.4 is 0 Å². The lowest BCUT2D eigenvalue weighted by atomic mass is 9.57. The molecule has 2 aliphatic heterocycles. The molecule has 31 heavy (non-hydrogen) atoms. The fourth-order valence-electron chi connectivity index (χ4n) is 5.97. The van der Waals surface area contributed by atoms with Crippen LogP contribution in [0.15, 0.2) is 24.3 Å². The van der Waals surface area contributed by atoms with E-state index in [0.29, 0.717) is 17.0 Å². The predicted octanol–water partition coefficient (Wildman–Crippen LogP) is 2.89. The molecule has 4 aliphatic rings. The minimum Gasteiger partial charge on any atom is -0.340 e. The second kappa shape index (κ2) is 8.27. The van der Waals surface area contributed by atoms with Gasteiger partial charge in [0.15, 0.2) is 0 Å². The number of carbonyl (C=O) groups is 2. The number of rotatable bonds is 3. The predicted molar refractivity (Wildman–Crippen MR) is 117 cm³/mol. The van der Waals surface area contributed by atoms with Gasteiger partial charge in [0.1, 0.15) is 0 Å². The first-order valence-electron chi connectivity index (χ1n) is 11.9. The molecule has 0 unspecified atom stereocenters. The van der Waals surface area contributed by atoms with E-state index in [9.17, 15) is 9.59 Å². The molecule has 6 heteroatoms. The molecule has 2 saturated heterocycles. The summed E-state index contributed by atoms with van der Waals surface area (Å²) in [6.45, 7) is 5.36. The van der Waals surface area contributed by atoms with Crippen molar-refractivity contribution in [3.8, 4) is 6.07 Å². The SMILES string of the molecule is N#Cc1cccc(C(=O)N2CCC3(CC2)CC(C(=O)N2CCN(C4CCC4)CC2)C3)c1. The van der Waals surface area contributed by atoms with Crippen molar-refractivity contribution in [3.05, 3.63) is 35.4 Å². The molecule has 0 radical (unpaired) electrons. The summed E-state index contributed by atoms with van der Waals surface area (Å²) in [4.78, 5) is 32.4. The molecule has 1 aromatic carbocycles. The molecule has 0 bridgehead atoms. The second-order valence-electron chi connectivity index (χ2n) is 10.0. The maximum absolute atomic E-state index is 13.0. The van der Waals surface area contributed by atoms with Crippen molar-refractivity contribution in [3.63, 3.8) is 0 Å². The fourth-order valence-corrected chi connectivity index (χ4v) is 5.97. The zero-order valence-corrected chi connectivity index (χ0v) is 18.3. The number of piperidine rings is 1. The van der Waals surface area contributed by atoms with E-state index < -0.39 is 0 Å². The first kappa shape index (κ1) is 20.5. The Morgan fingerprint density at radius 1 is 0.968 bits per heavy atom. The number of nitrogens with zero attached hydrogens (tertiary/aromatic N) is 4. The highest BCUT2D eigenvalue weighted by atomic mass is 16.2. The highest BCUT2D eigenvalue weighted by Crippen LogP contribution is 2.53. The summed E-state index contributed by atoms with van der Waals surface area (Å²) in [6, 6.07) is 9.84. The molecule has 2 saturated carbocycles. The number of amides is 2. The molecule has 2 heterocycles. The van der Waals surface area contributed by atoms with E-state index in [4.69, 9.17) is 5.26 Å². The number of carbonyl (C=O) groups excluding carboxylic acids is 2. The van der Waals surface area contributed by atoms with Gasteiger partial charge < -0.3 is 9.80 Å². The van der Waals surface area contributed by atoms with Crippen LogP contribution in [0, 0.1) is 22.7 Å². The van der Waals surface area contributed by atoms with E-state index in [2.05, 4.69) is 15.9 Å². The Morgan fingerprint density at radius 2 is 1.68 bits per heavy atom. The maximum atomic E-state index is 13.0. The first-order valence-corrected chi connectivity index (χ1v) is 11.9. The van der Waals surface area contributed by atoms with Crippen molar-refractivity contribution in [2.24, 2.45) is 11.3 Å². The van der Waals surface area contributed by atoms with Crippen LogP contribution in [0.5, 0.6) is 0 Å². The normalized spacial score (nSPS) is 24.4. The van der Waals surface area contributed by atoms with E-state index in [1.165, 1.54) is 19.3 Å². The van der Waals surface area contributed by atoms with Crippen LogP contribution in [0.25, 0.3) is 0 Å². The van der Waals surface area contributed by atoms with E-state index in [1.54, 1.807) is 24.3 Å². The highest BCUT2D eigenvalue weighted by molar-refractivity contribution is 5.94. The summed E-state index contributed by atoms with van der Waals surface area (Å²) in [5.41, 5.74) is 1.37. The summed E-state index contributed by atoms with van der Waals surface area (Å²) in [5, 5.41) is 9.07. The number of hydrogen-bond acceptors (Lipinski definition) is 4. The second-order valence-corrected chi connectivity index (χ2v) is 10.0. The van der Waals surface area contributed by atoms with Crippen molar-refractivity contribution in [2.45, 2.75) is 51.0 Å². The molecule has 0 N–H and O–H groups in total. The summed E-state index contributed by atoms with van der Waals surface area (Å²) < 4.78 is 0. The van der Waals surface area contributed by atoms with Crippen LogP contribution in [0.2, 0.25) is 0 Å². The Labute approximate surface area is 184 Å². The topological polar surface area (TPSA) is 67.6 Å². The summed E-state index contributed by atoms with van der Waals surface area (Å²) in [7, 11) is 0. The van der Waals surface area contributed by atoms with Crippen molar-refractivity contribution >= 4 is 11.8 Å². The van der Waals surface area contributed by atoms with Gasteiger partial charge in [-0.1, -0.05) is 12.5 Å². The van der Waals surface area contributed by atoms with Gasteiger partial charge in [0, 0.05) is 56.8 Å². The summed E-state index contributed by atoms with van der Waals surface area (Å²) >= 11 is 0. The van der Waals surface area contributed by atoms with Gasteiger partial charge in [-0.25, -0.2) is 0 Å². The number of hydrogen-bond donors (Lipinski definition) is 0. The summed E-state index contributed by atoms with van der Waals surface area (Å²) in [6.07, 6.45) is 7.97. The third-order valence-electron chi connectivity index (χ3n) is 8.28. The van der Waals surface area contributed by atoms with Crippen LogP contribution >= 0.6 is 0 Å². The Balaban J connectivity index is 1.09. The van der Waals surface area contributed by atoms with Gasteiger partial charge in [0.05, 0.1) is 11.6 Å². The van der Waals surface area contributed by atoms with Gasteiger partial charge in [-0.15, -0.1) is 0 Å². The molecule has 164 valence electrons. The van der Waals surface area contributed by atoms with Gasteiger partial charge in [-0.2, -0.15) is 5.26 Å². The molecule has 1 spiro atoms. The zero-order chi connectivity index (χ0) is 21.4. The first-order chi connectivity index (χ1) is 15.1. The zero-order valence-electron chi connectivity index (χ0n) is 18.3. The molecule has 2 amide bonds. The molecular formula is C25H32N4O2. The quantitative estimate of drug-likeness (QED) is 0.754. The minimum absolute atomic E-state index is 0.0169. The molecule has 0 atom stereocenters.